The van der Waals surface area contributed by atoms with Crippen molar-refractivity contribution in [3.8, 4) is 0 Å². The van der Waals surface area contributed by atoms with Crippen LogP contribution in [-0.2, 0) is 33.2 Å². The van der Waals surface area contributed by atoms with Gasteiger partial charge in [0, 0.05) is 13.0 Å². The first-order chi connectivity index (χ1) is 40.1. The molecule has 0 aromatic carbocycles. The van der Waals surface area contributed by atoms with Crippen molar-refractivity contribution in [1.82, 2.24) is 0 Å². The summed E-state index contributed by atoms with van der Waals surface area (Å²) < 4.78 is 34.5. The highest BCUT2D eigenvalue weighted by Gasteiger charge is 2.47. The Morgan fingerprint density at radius 1 is 0.415 bits per heavy atom. The molecule has 7 N–H and O–H groups in total. The van der Waals surface area contributed by atoms with Crippen LogP contribution in [0.4, 0.5) is 0 Å². The molecule has 0 radical (unpaired) electrons. The van der Waals surface area contributed by atoms with Crippen molar-refractivity contribution in [3.63, 3.8) is 0 Å². The maximum absolute atomic E-state index is 13.1. The van der Waals surface area contributed by atoms with E-state index in [9.17, 15) is 40.5 Å². The molecule has 82 heavy (non-hydrogen) atoms. The number of rotatable bonds is 54. The minimum atomic E-state index is -1.71. The second-order valence-corrected chi connectivity index (χ2v) is 22.9. The molecule has 2 fully saturated rings. The zero-order valence-electron chi connectivity index (χ0n) is 51.5. The number of allylic oxidation sites excluding steroid dienone is 12. The van der Waals surface area contributed by atoms with Crippen molar-refractivity contribution in [2.45, 2.75) is 319 Å². The largest absolute Gasteiger partial charge is 0.457 e. The lowest BCUT2D eigenvalue weighted by Crippen LogP contribution is -2.61. The molecule has 2 saturated heterocycles. The van der Waals surface area contributed by atoms with Crippen molar-refractivity contribution in [3.05, 3.63) is 72.9 Å². The maximum Gasteiger partial charge on any atom is 0.306 e. The molecular weight excluding hydrogens is 1040 g/mol. The molecule has 0 aromatic heterocycles. The van der Waals surface area contributed by atoms with E-state index in [1.165, 1.54) is 135 Å². The highest BCUT2D eigenvalue weighted by atomic mass is 16.7. The van der Waals surface area contributed by atoms with Gasteiger partial charge in [-0.15, -0.1) is 0 Å². The zero-order chi connectivity index (χ0) is 59.4. The Morgan fingerprint density at radius 2 is 0.793 bits per heavy atom. The van der Waals surface area contributed by atoms with Gasteiger partial charge in [-0.1, -0.05) is 254 Å². The molecule has 2 aliphatic heterocycles. The van der Waals surface area contributed by atoms with E-state index in [4.69, 9.17) is 28.4 Å². The summed E-state index contributed by atoms with van der Waals surface area (Å²) in [4.78, 5) is 13.1. The number of carbonyl (C=O) groups is 1. The predicted molar refractivity (Wildman–Crippen MR) is 330 cm³/mol. The van der Waals surface area contributed by atoms with E-state index in [-0.39, 0.29) is 25.6 Å². The quantitative estimate of drug-likeness (QED) is 0.0172. The minimum absolute atomic E-state index is 0.0529. The van der Waals surface area contributed by atoms with Gasteiger partial charge in [0.15, 0.2) is 12.6 Å². The highest BCUT2D eigenvalue weighted by molar-refractivity contribution is 5.69. The second kappa shape index (κ2) is 53.9. The number of hydrogen-bond acceptors (Lipinski definition) is 14. The van der Waals surface area contributed by atoms with E-state index >= 15 is 0 Å². The second-order valence-electron chi connectivity index (χ2n) is 22.9. The lowest BCUT2D eigenvalue weighted by atomic mass is 9.98. The Morgan fingerprint density at radius 3 is 1.24 bits per heavy atom. The third kappa shape index (κ3) is 39.2. The fourth-order valence-corrected chi connectivity index (χ4v) is 10.2. The van der Waals surface area contributed by atoms with E-state index < -0.39 is 80.7 Å². The van der Waals surface area contributed by atoms with Crippen LogP contribution in [0, 0.1) is 0 Å². The Balaban J connectivity index is 1.67. The summed E-state index contributed by atoms with van der Waals surface area (Å²) in [6.45, 7) is 3.59. The Labute approximate surface area is 497 Å². The van der Waals surface area contributed by atoms with Gasteiger partial charge in [-0.2, -0.15) is 0 Å². The van der Waals surface area contributed by atoms with Crippen LogP contribution in [0.1, 0.15) is 251 Å². The molecule has 0 bridgehead atoms. The van der Waals surface area contributed by atoms with Gasteiger partial charge in [0.25, 0.3) is 0 Å². The molecule has 0 amide bonds. The Hall–Kier alpha value is -2.57. The molecule has 14 heteroatoms. The van der Waals surface area contributed by atoms with Gasteiger partial charge in [0.1, 0.15) is 54.9 Å². The average molecular weight is 1160 g/mol. The molecule has 11 atom stereocenters. The average Bonchev–Trinajstić information content (AvgIpc) is 3.52. The molecule has 11 unspecified atom stereocenters. The fourth-order valence-electron chi connectivity index (χ4n) is 10.2. The van der Waals surface area contributed by atoms with Crippen LogP contribution in [0.3, 0.4) is 0 Å². The first-order valence-corrected chi connectivity index (χ1v) is 33.0. The fraction of sp³-hybridized carbons (Fsp3) is 0.809. The topological polar surface area (TPSA) is 214 Å². The number of esters is 1. The van der Waals surface area contributed by atoms with Gasteiger partial charge in [-0.05, 0) is 64.2 Å². The normalized spacial score (nSPS) is 24.0. The van der Waals surface area contributed by atoms with Crippen LogP contribution in [0.25, 0.3) is 0 Å². The van der Waals surface area contributed by atoms with Crippen LogP contribution < -0.4 is 0 Å². The van der Waals surface area contributed by atoms with Gasteiger partial charge >= 0.3 is 5.97 Å². The van der Waals surface area contributed by atoms with Gasteiger partial charge < -0.3 is 64.2 Å². The molecule has 0 aliphatic carbocycles. The molecule has 14 nitrogen and oxygen atoms in total. The number of unbranched alkanes of at least 4 members (excludes halogenated alkanes) is 28. The Kier molecular flexibility index (Phi) is 49.6. The molecule has 476 valence electrons. The van der Waals surface area contributed by atoms with Crippen molar-refractivity contribution in [2.75, 3.05) is 33.0 Å². The third-order valence-corrected chi connectivity index (χ3v) is 15.5. The maximum atomic E-state index is 13.1. The first kappa shape index (κ1) is 75.5. The van der Waals surface area contributed by atoms with Crippen LogP contribution in [-0.4, -0.2) is 142 Å². The van der Waals surface area contributed by atoms with Crippen molar-refractivity contribution in [1.29, 1.82) is 0 Å². The highest BCUT2D eigenvalue weighted by Crippen LogP contribution is 2.27. The van der Waals surface area contributed by atoms with Crippen LogP contribution in [0.2, 0.25) is 0 Å². The molecule has 2 aliphatic rings. The monoisotopic (exact) mass is 1160 g/mol. The molecule has 0 aromatic rings. The summed E-state index contributed by atoms with van der Waals surface area (Å²) in [7, 11) is 0. The standard InChI is InChI=1S/C68H120O14/c1-3-5-7-9-11-13-15-17-19-21-23-25-27-28-29-30-32-34-36-38-40-42-44-46-48-50-52-77-54-57(55-78-67-66(76)64(74)62(72)59(82-67)56-79-68-65(75)63(73)61(71)58(53-69)81-68)80-60(70)51-49-47-45-43-41-39-37-35-33-31-26-24-22-20-18-16-14-12-10-8-6-4-2/h5,7,11,13,17,19,23,25,28-29,32,34,57-59,61-69,71-76H,3-4,6,8-10,12,14-16,18,20-22,24,26-27,30-31,33,35-56H2,1-2H3/b7-5-,13-11-,19-17-,25-23-,29-28-,34-32-. The SMILES string of the molecule is CC/C=C\C/C=C\C/C=C\C/C=C\C/C=C\C/C=C\CCCCCCCCCOCC(COC1OC(COC2OC(CO)C(O)C(O)C2O)C(O)C(O)C1O)OC(=O)CCCCCCCCCCCCCCCCCCCCCCCC. The van der Waals surface area contributed by atoms with Crippen molar-refractivity contribution >= 4 is 5.97 Å². The number of carbonyl (C=O) groups excluding carboxylic acids is 1. The zero-order valence-corrected chi connectivity index (χ0v) is 51.5. The summed E-state index contributed by atoms with van der Waals surface area (Å²) in [5.74, 6) is -0.377. The molecule has 2 heterocycles. The van der Waals surface area contributed by atoms with E-state index in [0.717, 1.165) is 89.9 Å². The molecule has 0 spiro atoms. The summed E-state index contributed by atoms with van der Waals surface area (Å²) >= 11 is 0. The van der Waals surface area contributed by atoms with Gasteiger partial charge in [-0.3, -0.25) is 4.79 Å². The Bertz CT molecular complexity index is 1630. The number of aliphatic hydroxyl groups excluding tert-OH is 7. The summed E-state index contributed by atoms with van der Waals surface area (Å²) in [6.07, 6.45) is 53.9. The van der Waals surface area contributed by atoms with E-state index in [1.807, 2.05) is 0 Å². The molecular formula is C68H120O14. The van der Waals surface area contributed by atoms with E-state index in [0.29, 0.717) is 13.0 Å². The lowest BCUT2D eigenvalue weighted by molar-refractivity contribution is -0.332. The van der Waals surface area contributed by atoms with Gasteiger partial charge in [0.2, 0.25) is 0 Å². The summed E-state index contributed by atoms with van der Waals surface area (Å²) in [5, 5.41) is 72.6. The lowest BCUT2D eigenvalue weighted by Gasteiger charge is -2.42. The predicted octanol–water partition coefficient (Wildman–Crippen LogP) is 13.4. The number of ether oxygens (including phenoxy) is 6. The van der Waals surface area contributed by atoms with Crippen molar-refractivity contribution < 1.29 is 69.0 Å². The van der Waals surface area contributed by atoms with Crippen LogP contribution >= 0.6 is 0 Å². The summed E-state index contributed by atoms with van der Waals surface area (Å²) in [6, 6.07) is 0. The number of aliphatic hydroxyl groups is 7. The first-order valence-electron chi connectivity index (χ1n) is 33.0. The van der Waals surface area contributed by atoms with Crippen LogP contribution in [0.5, 0.6) is 0 Å². The van der Waals surface area contributed by atoms with E-state index in [1.54, 1.807) is 0 Å². The van der Waals surface area contributed by atoms with Gasteiger partial charge in [0.05, 0.1) is 26.4 Å². The molecule has 2 rings (SSSR count). The van der Waals surface area contributed by atoms with Crippen LogP contribution in [0.15, 0.2) is 72.9 Å². The smallest absolute Gasteiger partial charge is 0.306 e. The van der Waals surface area contributed by atoms with Gasteiger partial charge in [-0.25, -0.2) is 0 Å². The molecule has 0 saturated carbocycles. The summed E-state index contributed by atoms with van der Waals surface area (Å²) in [5.41, 5.74) is 0. The third-order valence-electron chi connectivity index (χ3n) is 15.5. The van der Waals surface area contributed by atoms with E-state index in [2.05, 4.69) is 86.8 Å². The number of hydrogen-bond donors (Lipinski definition) is 7. The minimum Gasteiger partial charge on any atom is -0.457 e. The van der Waals surface area contributed by atoms with Crippen molar-refractivity contribution in [2.24, 2.45) is 0 Å².